The maximum atomic E-state index is 11.6. The van der Waals surface area contributed by atoms with Gasteiger partial charge in [0.05, 0.1) is 0 Å². The summed E-state index contributed by atoms with van der Waals surface area (Å²) < 4.78 is 0. The summed E-state index contributed by atoms with van der Waals surface area (Å²) in [4.78, 5) is 26.0. The third-order valence-corrected chi connectivity index (χ3v) is 3.23. The normalized spacial score (nSPS) is 14.9. The Hall–Kier alpha value is -1.91. The summed E-state index contributed by atoms with van der Waals surface area (Å²) in [5.74, 6) is -0.435. The predicted octanol–water partition coefficient (Wildman–Crippen LogP) is 1.59. The van der Waals surface area contributed by atoms with Crippen molar-refractivity contribution in [1.82, 2.24) is 10.3 Å². The standard InChI is InChI=1S/C13H16N2O3/c16-12(6-9-2-1-3-9)15-8-10-4-5-11(13(17)18)14-7-10/h4-5,7,9H,1-3,6,8H2,(H,15,16)(H,17,18). The van der Waals surface area contributed by atoms with Gasteiger partial charge in [0.1, 0.15) is 5.69 Å². The van der Waals surface area contributed by atoms with E-state index in [1.54, 1.807) is 6.07 Å². The second-order valence-corrected chi connectivity index (χ2v) is 4.63. The SMILES string of the molecule is O=C(CC1CCC1)NCc1ccc(C(=O)O)nc1. The fourth-order valence-corrected chi connectivity index (χ4v) is 1.89. The highest BCUT2D eigenvalue weighted by atomic mass is 16.4. The van der Waals surface area contributed by atoms with Crippen LogP contribution in [0, 0.1) is 5.92 Å². The van der Waals surface area contributed by atoms with Gasteiger partial charge in [-0.3, -0.25) is 4.79 Å². The molecule has 0 aromatic carbocycles. The van der Waals surface area contributed by atoms with Gasteiger partial charge in [-0.1, -0.05) is 12.5 Å². The van der Waals surface area contributed by atoms with E-state index in [1.165, 1.54) is 18.7 Å². The number of nitrogens with one attached hydrogen (secondary N) is 1. The molecule has 1 amide bonds. The second kappa shape index (κ2) is 5.62. The van der Waals surface area contributed by atoms with Crippen LogP contribution in [0.5, 0.6) is 0 Å². The van der Waals surface area contributed by atoms with Crippen LogP contribution in [0.15, 0.2) is 18.3 Å². The fourth-order valence-electron chi connectivity index (χ4n) is 1.89. The van der Waals surface area contributed by atoms with Gasteiger partial charge in [0.15, 0.2) is 0 Å². The van der Waals surface area contributed by atoms with Gasteiger partial charge < -0.3 is 10.4 Å². The number of carbonyl (C=O) groups is 2. The van der Waals surface area contributed by atoms with Crippen LogP contribution in [-0.4, -0.2) is 22.0 Å². The molecule has 1 fully saturated rings. The average Bonchev–Trinajstić information content (AvgIpc) is 2.32. The smallest absolute Gasteiger partial charge is 0.354 e. The molecular weight excluding hydrogens is 232 g/mol. The second-order valence-electron chi connectivity index (χ2n) is 4.63. The Morgan fingerprint density at radius 2 is 2.17 bits per heavy atom. The molecule has 0 spiro atoms. The first kappa shape index (κ1) is 12.5. The van der Waals surface area contributed by atoms with Crippen molar-refractivity contribution >= 4 is 11.9 Å². The molecule has 0 saturated heterocycles. The molecule has 2 rings (SSSR count). The van der Waals surface area contributed by atoms with Crippen molar-refractivity contribution in [2.24, 2.45) is 5.92 Å². The lowest BCUT2D eigenvalue weighted by atomic mass is 9.83. The highest BCUT2D eigenvalue weighted by Crippen LogP contribution is 2.29. The van der Waals surface area contributed by atoms with Gasteiger partial charge in [-0.25, -0.2) is 9.78 Å². The number of carbonyl (C=O) groups excluding carboxylic acids is 1. The van der Waals surface area contributed by atoms with Gasteiger partial charge >= 0.3 is 5.97 Å². The summed E-state index contributed by atoms with van der Waals surface area (Å²) >= 11 is 0. The number of hydrogen-bond donors (Lipinski definition) is 2. The largest absolute Gasteiger partial charge is 0.477 e. The first-order chi connectivity index (χ1) is 8.65. The molecule has 1 aromatic rings. The molecule has 0 atom stereocenters. The number of aromatic nitrogens is 1. The highest BCUT2D eigenvalue weighted by molar-refractivity contribution is 5.85. The molecule has 5 nitrogen and oxygen atoms in total. The van der Waals surface area contributed by atoms with Crippen molar-refractivity contribution < 1.29 is 14.7 Å². The summed E-state index contributed by atoms with van der Waals surface area (Å²) in [7, 11) is 0. The molecule has 0 unspecified atom stereocenters. The summed E-state index contributed by atoms with van der Waals surface area (Å²) in [6.45, 7) is 0.401. The van der Waals surface area contributed by atoms with E-state index in [-0.39, 0.29) is 11.6 Å². The minimum atomic E-state index is -1.05. The minimum absolute atomic E-state index is 0.0135. The molecule has 18 heavy (non-hydrogen) atoms. The van der Waals surface area contributed by atoms with E-state index < -0.39 is 5.97 Å². The van der Waals surface area contributed by atoms with Crippen LogP contribution in [0.25, 0.3) is 0 Å². The summed E-state index contributed by atoms with van der Waals surface area (Å²) in [6.07, 6.45) is 5.62. The Balaban J connectivity index is 1.78. The lowest BCUT2D eigenvalue weighted by Crippen LogP contribution is -2.27. The Kier molecular flexibility index (Phi) is 3.92. The fraction of sp³-hybridized carbons (Fsp3) is 0.462. The number of pyridine rings is 1. The van der Waals surface area contributed by atoms with Crippen molar-refractivity contribution in [2.75, 3.05) is 0 Å². The molecule has 0 aliphatic heterocycles. The zero-order valence-electron chi connectivity index (χ0n) is 10.1. The molecule has 1 aromatic heterocycles. The summed E-state index contributed by atoms with van der Waals surface area (Å²) in [5, 5.41) is 11.5. The summed E-state index contributed by atoms with van der Waals surface area (Å²) in [5.41, 5.74) is 0.821. The Bertz CT molecular complexity index is 438. The Labute approximate surface area is 105 Å². The maximum Gasteiger partial charge on any atom is 0.354 e. The molecule has 0 radical (unpaired) electrons. The van der Waals surface area contributed by atoms with Crippen LogP contribution < -0.4 is 5.32 Å². The Morgan fingerprint density at radius 3 is 2.67 bits per heavy atom. The van der Waals surface area contributed by atoms with Crippen molar-refractivity contribution in [1.29, 1.82) is 0 Å². The molecule has 5 heteroatoms. The number of rotatable bonds is 5. The number of amides is 1. The lowest BCUT2D eigenvalue weighted by Gasteiger charge is -2.24. The van der Waals surface area contributed by atoms with Gasteiger partial charge in [-0.2, -0.15) is 0 Å². The maximum absolute atomic E-state index is 11.6. The van der Waals surface area contributed by atoms with E-state index in [9.17, 15) is 9.59 Å². The van der Waals surface area contributed by atoms with Gasteiger partial charge in [0, 0.05) is 19.2 Å². The van der Waals surface area contributed by atoms with Crippen molar-refractivity contribution in [2.45, 2.75) is 32.2 Å². The molecule has 1 aliphatic rings. The third kappa shape index (κ3) is 3.29. The van der Waals surface area contributed by atoms with Crippen LogP contribution >= 0.6 is 0 Å². The average molecular weight is 248 g/mol. The molecule has 1 saturated carbocycles. The van der Waals surface area contributed by atoms with Crippen molar-refractivity contribution in [3.63, 3.8) is 0 Å². The predicted molar refractivity (Wildman–Crippen MR) is 65.0 cm³/mol. The first-order valence-electron chi connectivity index (χ1n) is 6.10. The zero-order valence-corrected chi connectivity index (χ0v) is 10.1. The van der Waals surface area contributed by atoms with Gasteiger partial charge in [-0.15, -0.1) is 0 Å². The molecule has 0 bridgehead atoms. The van der Waals surface area contributed by atoms with Crippen LogP contribution in [0.4, 0.5) is 0 Å². The van der Waals surface area contributed by atoms with Crippen LogP contribution in [0.2, 0.25) is 0 Å². The quantitative estimate of drug-likeness (QED) is 0.829. The lowest BCUT2D eigenvalue weighted by molar-refractivity contribution is -0.122. The van der Waals surface area contributed by atoms with Gasteiger partial charge in [0.25, 0.3) is 0 Å². The van der Waals surface area contributed by atoms with Gasteiger partial charge in [0.2, 0.25) is 5.91 Å². The van der Waals surface area contributed by atoms with E-state index in [2.05, 4.69) is 10.3 Å². The monoisotopic (exact) mass is 248 g/mol. The summed E-state index contributed by atoms with van der Waals surface area (Å²) in [6, 6.07) is 3.11. The highest BCUT2D eigenvalue weighted by Gasteiger charge is 2.20. The topological polar surface area (TPSA) is 79.3 Å². The van der Waals surface area contributed by atoms with E-state index in [1.807, 2.05) is 0 Å². The minimum Gasteiger partial charge on any atom is -0.477 e. The van der Waals surface area contributed by atoms with Crippen LogP contribution in [-0.2, 0) is 11.3 Å². The van der Waals surface area contributed by atoms with E-state index in [4.69, 9.17) is 5.11 Å². The molecule has 1 heterocycles. The van der Waals surface area contributed by atoms with Crippen molar-refractivity contribution in [3.05, 3.63) is 29.6 Å². The number of aromatic carboxylic acids is 1. The van der Waals surface area contributed by atoms with Crippen molar-refractivity contribution in [3.8, 4) is 0 Å². The van der Waals surface area contributed by atoms with E-state index in [0.717, 1.165) is 18.4 Å². The molecular formula is C13H16N2O3. The third-order valence-electron chi connectivity index (χ3n) is 3.23. The van der Waals surface area contributed by atoms with Crippen LogP contribution in [0.1, 0.15) is 41.7 Å². The number of hydrogen-bond acceptors (Lipinski definition) is 3. The first-order valence-corrected chi connectivity index (χ1v) is 6.10. The molecule has 96 valence electrons. The van der Waals surface area contributed by atoms with E-state index in [0.29, 0.717) is 18.9 Å². The Morgan fingerprint density at radius 1 is 1.39 bits per heavy atom. The molecule has 2 N–H and O–H groups in total. The van der Waals surface area contributed by atoms with E-state index >= 15 is 0 Å². The van der Waals surface area contributed by atoms with Gasteiger partial charge in [-0.05, 0) is 30.4 Å². The van der Waals surface area contributed by atoms with Crippen LogP contribution in [0.3, 0.4) is 0 Å². The zero-order chi connectivity index (χ0) is 13.0. The number of carboxylic acids is 1. The number of carboxylic acid groups (broad SMARTS) is 1. The molecule has 1 aliphatic carbocycles. The number of nitrogens with zero attached hydrogens (tertiary/aromatic N) is 1.